The van der Waals surface area contributed by atoms with Crippen molar-refractivity contribution in [2.45, 2.75) is 25.8 Å². The maximum absolute atomic E-state index is 12.7. The van der Waals surface area contributed by atoms with E-state index < -0.39 is 0 Å². The predicted octanol–water partition coefficient (Wildman–Crippen LogP) is 1.90. The summed E-state index contributed by atoms with van der Waals surface area (Å²) in [5.41, 5.74) is 1.26. The predicted molar refractivity (Wildman–Crippen MR) is 91.2 cm³/mol. The highest BCUT2D eigenvalue weighted by Crippen LogP contribution is 2.13. The summed E-state index contributed by atoms with van der Waals surface area (Å²) in [6.07, 6.45) is 3.49. The van der Waals surface area contributed by atoms with Crippen LogP contribution in [0.3, 0.4) is 0 Å². The SMILES string of the molecule is CCCN(C(=O)c1cnn(-c2ccccc2)n1)C1CCNC1.Cl. The third-order valence-corrected chi connectivity index (χ3v) is 3.90. The van der Waals surface area contributed by atoms with Gasteiger partial charge in [0.05, 0.1) is 11.9 Å². The van der Waals surface area contributed by atoms with Crippen LogP contribution in [0.4, 0.5) is 0 Å². The van der Waals surface area contributed by atoms with Crippen LogP contribution >= 0.6 is 12.4 Å². The number of nitrogens with zero attached hydrogens (tertiary/aromatic N) is 4. The number of nitrogens with one attached hydrogen (secondary N) is 1. The second-order valence-corrected chi connectivity index (χ2v) is 5.50. The lowest BCUT2D eigenvalue weighted by molar-refractivity contribution is 0.0685. The van der Waals surface area contributed by atoms with E-state index in [2.05, 4.69) is 22.4 Å². The van der Waals surface area contributed by atoms with Crippen LogP contribution in [-0.2, 0) is 0 Å². The van der Waals surface area contributed by atoms with Crippen LogP contribution < -0.4 is 5.32 Å². The van der Waals surface area contributed by atoms with Crippen molar-refractivity contribution in [2.24, 2.45) is 0 Å². The molecule has 124 valence electrons. The summed E-state index contributed by atoms with van der Waals surface area (Å²) in [5, 5.41) is 11.9. The number of hydrogen-bond donors (Lipinski definition) is 1. The number of para-hydroxylation sites is 1. The maximum atomic E-state index is 12.7. The molecule has 2 heterocycles. The Bertz CT molecular complexity index is 624. The van der Waals surface area contributed by atoms with Gasteiger partial charge in [-0.05, 0) is 31.5 Å². The number of carbonyl (C=O) groups excluding carboxylic acids is 1. The molecule has 1 aromatic carbocycles. The molecule has 0 spiro atoms. The molecule has 1 atom stereocenters. The normalized spacial score (nSPS) is 16.8. The Morgan fingerprint density at radius 3 is 2.83 bits per heavy atom. The van der Waals surface area contributed by atoms with E-state index in [-0.39, 0.29) is 24.4 Å². The summed E-state index contributed by atoms with van der Waals surface area (Å²) in [4.78, 5) is 16.2. The van der Waals surface area contributed by atoms with E-state index in [9.17, 15) is 4.79 Å². The number of halogens is 1. The number of rotatable bonds is 5. The topological polar surface area (TPSA) is 63.1 Å². The Kier molecular flexibility index (Phi) is 6.12. The average Bonchev–Trinajstić information content (AvgIpc) is 3.24. The number of carbonyl (C=O) groups is 1. The van der Waals surface area contributed by atoms with E-state index in [0.717, 1.165) is 38.2 Å². The lowest BCUT2D eigenvalue weighted by atomic mass is 10.2. The lowest BCUT2D eigenvalue weighted by Gasteiger charge is -2.27. The van der Waals surface area contributed by atoms with Gasteiger partial charge in [-0.1, -0.05) is 25.1 Å². The van der Waals surface area contributed by atoms with Crippen LogP contribution in [0, 0.1) is 0 Å². The van der Waals surface area contributed by atoms with Crippen molar-refractivity contribution in [3.8, 4) is 5.69 Å². The van der Waals surface area contributed by atoms with Crippen molar-refractivity contribution >= 4 is 18.3 Å². The standard InChI is InChI=1S/C16H21N5O.ClH/c1-2-10-20(14-8-9-17-11-14)16(22)15-12-18-21(19-15)13-6-4-3-5-7-13;/h3-7,12,14,17H,2,8-11H2,1H3;1H. The van der Waals surface area contributed by atoms with E-state index in [1.807, 2.05) is 35.2 Å². The van der Waals surface area contributed by atoms with Gasteiger partial charge in [-0.25, -0.2) is 0 Å². The second kappa shape index (κ2) is 8.08. The molecule has 2 aromatic rings. The van der Waals surface area contributed by atoms with Gasteiger partial charge in [-0.3, -0.25) is 4.79 Å². The minimum absolute atomic E-state index is 0. The van der Waals surface area contributed by atoms with Gasteiger partial charge in [-0.2, -0.15) is 9.90 Å². The molecule has 1 unspecified atom stereocenters. The maximum Gasteiger partial charge on any atom is 0.276 e. The molecule has 23 heavy (non-hydrogen) atoms. The molecule has 1 amide bonds. The first-order valence-electron chi connectivity index (χ1n) is 7.79. The van der Waals surface area contributed by atoms with E-state index in [4.69, 9.17) is 0 Å². The van der Waals surface area contributed by atoms with Crippen LogP contribution in [0.1, 0.15) is 30.3 Å². The number of aromatic nitrogens is 3. The first kappa shape index (κ1) is 17.4. The molecule has 0 radical (unpaired) electrons. The van der Waals surface area contributed by atoms with Crippen molar-refractivity contribution in [2.75, 3.05) is 19.6 Å². The zero-order valence-corrected chi connectivity index (χ0v) is 14.0. The van der Waals surface area contributed by atoms with E-state index in [1.165, 1.54) is 4.80 Å². The van der Waals surface area contributed by atoms with Crippen LogP contribution in [0.5, 0.6) is 0 Å². The molecular formula is C16H22ClN5O. The van der Waals surface area contributed by atoms with Gasteiger partial charge < -0.3 is 10.2 Å². The first-order valence-corrected chi connectivity index (χ1v) is 7.79. The fraction of sp³-hybridized carbons (Fsp3) is 0.438. The van der Waals surface area contributed by atoms with Crippen LogP contribution in [-0.4, -0.2) is 51.5 Å². The average molecular weight is 336 g/mol. The Morgan fingerprint density at radius 2 is 2.17 bits per heavy atom. The minimum atomic E-state index is -0.0299. The van der Waals surface area contributed by atoms with Crippen molar-refractivity contribution in [3.05, 3.63) is 42.2 Å². The summed E-state index contributed by atoms with van der Waals surface area (Å²) in [6.45, 7) is 4.67. The molecule has 0 bridgehead atoms. The van der Waals surface area contributed by atoms with Gasteiger partial charge >= 0.3 is 0 Å². The summed E-state index contributed by atoms with van der Waals surface area (Å²) >= 11 is 0. The Labute approximate surface area is 142 Å². The van der Waals surface area contributed by atoms with Crippen molar-refractivity contribution in [1.29, 1.82) is 0 Å². The molecule has 1 N–H and O–H groups in total. The van der Waals surface area contributed by atoms with E-state index >= 15 is 0 Å². The summed E-state index contributed by atoms with van der Waals surface area (Å²) < 4.78 is 0. The second-order valence-electron chi connectivity index (χ2n) is 5.50. The minimum Gasteiger partial charge on any atom is -0.333 e. The molecule has 3 rings (SSSR count). The van der Waals surface area contributed by atoms with Gasteiger partial charge in [0.25, 0.3) is 5.91 Å². The summed E-state index contributed by atoms with van der Waals surface area (Å²) in [5.74, 6) is -0.0299. The Morgan fingerprint density at radius 1 is 1.39 bits per heavy atom. The smallest absolute Gasteiger partial charge is 0.276 e. The molecule has 0 aliphatic carbocycles. The van der Waals surface area contributed by atoms with E-state index in [1.54, 1.807) is 6.20 Å². The summed E-state index contributed by atoms with van der Waals surface area (Å²) in [7, 11) is 0. The van der Waals surface area contributed by atoms with Gasteiger partial charge in [0.2, 0.25) is 0 Å². The Hall–Kier alpha value is -1.92. The molecule has 1 fully saturated rings. The Balaban J connectivity index is 0.00000192. The zero-order chi connectivity index (χ0) is 15.4. The molecule has 6 nitrogen and oxygen atoms in total. The number of benzene rings is 1. The van der Waals surface area contributed by atoms with Crippen molar-refractivity contribution < 1.29 is 4.79 Å². The third-order valence-electron chi connectivity index (χ3n) is 3.90. The zero-order valence-electron chi connectivity index (χ0n) is 13.2. The molecule has 1 aliphatic rings. The van der Waals surface area contributed by atoms with Gasteiger partial charge in [0.15, 0.2) is 5.69 Å². The largest absolute Gasteiger partial charge is 0.333 e. The molecule has 7 heteroatoms. The molecular weight excluding hydrogens is 314 g/mol. The quantitative estimate of drug-likeness (QED) is 0.906. The summed E-state index contributed by atoms with van der Waals surface area (Å²) in [6, 6.07) is 9.88. The van der Waals surface area contributed by atoms with Crippen LogP contribution in [0.2, 0.25) is 0 Å². The lowest BCUT2D eigenvalue weighted by Crippen LogP contribution is -2.42. The highest BCUT2D eigenvalue weighted by atomic mass is 35.5. The highest BCUT2D eigenvalue weighted by Gasteiger charge is 2.28. The number of hydrogen-bond acceptors (Lipinski definition) is 4. The van der Waals surface area contributed by atoms with Gasteiger partial charge in [-0.15, -0.1) is 17.5 Å². The van der Waals surface area contributed by atoms with Gasteiger partial charge in [0, 0.05) is 19.1 Å². The molecule has 1 aliphatic heterocycles. The van der Waals surface area contributed by atoms with Crippen LogP contribution in [0.15, 0.2) is 36.5 Å². The van der Waals surface area contributed by atoms with Gasteiger partial charge in [0.1, 0.15) is 0 Å². The fourth-order valence-electron chi connectivity index (χ4n) is 2.79. The van der Waals surface area contributed by atoms with Crippen LogP contribution in [0.25, 0.3) is 5.69 Å². The molecule has 1 aromatic heterocycles. The van der Waals surface area contributed by atoms with Crippen molar-refractivity contribution in [1.82, 2.24) is 25.2 Å². The van der Waals surface area contributed by atoms with E-state index in [0.29, 0.717) is 5.69 Å². The van der Waals surface area contributed by atoms with Crippen molar-refractivity contribution in [3.63, 3.8) is 0 Å². The molecule has 1 saturated heterocycles. The monoisotopic (exact) mass is 335 g/mol. The number of amides is 1. The molecule has 0 saturated carbocycles. The highest BCUT2D eigenvalue weighted by molar-refractivity contribution is 5.92. The fourth-order valence-corrected chi connectivity index (χ4v) is 2.79. The third kappa shape index (κ3) is 3.89. The first-order chi connectivity index (χ1) is 10.8.